The maximum absolute atomic E-state index is 12.9. The van der Waals surface area contributed by atoms with E-state index in [0.717, 1.165) is 3.57 Å². The van der Waals surface area contributed by atoms with Gasteiger partial charge in [0.05, 0.1) is 4.83 Å². The lowest BCUT2D eigenvalue weighted by molar-refractivity contribution is 0.0995. The highest BCUT2D eigenvalue weighted by Gasteiger charge is 2.12. The van der Waals surface area contributed by atoms with Crippen LogP contribution >= 0.6 is 38.5 Å². The molecular weight excluding hydrogens is 350 g/mol. The first-order chi connectivity index (χ1) is 6.00. The van der Waals surface area contributed by atoms with Crippen molar-refractivity contribution in [2.75, 3.05) is 0 Å². The van der Waals surface area contributed by atoms with Crippen molar-refractivity contribution in [3.8, 4) is 0 Å². The number of Topliss-reactive ketones (excluding diaryl/α,β-unsaturated/α-hetero) is 1. The third-order valence-electron chi connectivity index (χ3n) is 1.51. The smallest absolute Gasteiger partial charge is 0.176 e. The Bertz CT molecular complexity index is 318. The lowest BCUT2D eigenvalue weighted by atomic mass is 10.1. The van der Waals surface area contributed by atoms with E-state index in [1.165, 1.54) is 12.1 Å². The maximum atomic E-state index is 12.9. The van der Waals surface area contributed by atoms with E-state index in [1.54, 1.807) is 13.0 Å². The number of carbonyl (C=O) groups is 1. The van der Waals surface area contributed by atoms with E-state index in [2.05, 4.69) is 15.9 Å². The van der Waals surface area contributed by atoms with Crippen LogP contribution in [0.3, 0.4) is 0 Å². The van der Waals surface area contributed by atoms with E-state index in [-0.39, 0.29) is 16.4 Å². The van der Waals surface area contributed by atoms with Gasteiger partial charge in [-0.15, -0.1) is 0 Å². The summed E-state index contributed by atoms with van der Waals surface area (Å²) in [5.41, 5.74) is 0.411. The molecule has 1 rings (SSSR count). The molecule has 0 aliphatic carbocycles. The molecule has 0 aliphatic heterocycles. The van der Waals surface area contributed by atoms with Crippen LogP contribution in [-0.4, -0.2) is 10.6 Å². The van der Waals surface area contributed by atoms with Gasteiger partial charge in [0.15, 0.2) is 5.78 Å². The molecule has 0 fully saturated rings. The van der Waals surface area contributed by atoms with E-state index in [1.807, 2.05) is 22.6 Å². The lowest BCUT2D eigenvalue weighted by Crippen LogP contribution is -2.10. The number of hydrogen-bond acceptors (Lipinski definition) is 1. The molecule has 13 heavy (non-hydrogen) atoms. The average Bonchev–Trinajstić information content (AvgIpc) is 2.01. The predicted octanol–water partition coefficient (Wildman–Crippen LogP) is 3.40. The van der Waals surface area contributed by atoms with Gasteiger partial charge in [0.2, 0.25) is 0 Å². The quantitative estimate of drug-likeness (QED) is 0.451. The highest BCUT2D eigenvalue weighted by atomic mass is 127. The third-order valence-corrected chi connectivity index (χ3v) is 2.55. The van der Waals surface area contributed by atoms with Gasteiger partial charge in [-0.25, -0.2) is 4.39 Å². The summed E-state index contributed by atoms with van der Waals surface area (Å²) in [5, 5.41) is 0. The van der Waals surface area contributed by atoms with Gasteiger partial charge in [0.25, 0.3) is 0 Å². The molecule has 0 heterocycles. The second-order valence-corrected chi connectivity index (χ2v) is 5.26. The Labute approximate surface area is 98.0 Å². The summed E-state index contributed by atoms with van der Waals surface area (Å²) < 4.78 is 13.6. The highest BCUT2D eigenvalue weighted by Crippen LogP contribution is 2.15. The van der Waals surface area contributed by atoms with E-state index in [9.17, 15) is 9.18 Å². The molecule has 1 atom stereocenters. The van der Waals surface area contributed by atoms with E-state index >= 15 is 0 Å². The van der Waals surface area contributed by atoms with Gasteiger partial charge in [-0.1, -0.05) is 15.9 Å². The largest absolute Gasteiger partial charge is 0.293 e. The summed E-state index contributed by atoms with van der Waals surface area (Å²) in [4.78, 5) is 11.2. The molecule has 0 aliphatic rings. The molecule has 0 radical (unpaired) electrons. The molecule has 0 N–H and O–H groups in total. The van der Waals surface area contributed by atoms with Crippen molar-refractivity contribution in [1.29, 1.82) is 0 Å². The Balaban J connectivity index is 3.08. The first-order valence-corrected chi connectivity index (χ1v) is 5.64. The fraction of sp³-hybridized carbons (Fsp3) is 0.222. The number of ketones is 1. The topological polar surface area (TPSA) is 17.1 Å². The maximum Gasteiger partial charge on any atom is 0.176 e. The first kappa shape index (κ1) is 11.1. The monoisotopic (exact) mass is 356 g/mol. The second-order valence-electron chi connectivity index (χ2n) is 2.64. The summed E-state index contributed by atoms with van der Waals surface area (Å²) in [6.07, 6.45) is 0. The number of benzene rings is 1. The molecule has 70 valence electrons. The van der Waals surface area contributed by atoms with Gasteiger partial charge in [-0.05, 0) is 47.7 Å². The van der Waals surface area contributed by atoms with Crippen molar-refractivity contribution in [2.24, 2.45) is 0 Å². The Morgan fingerprint density at radius 1 is 1.54 bits per heavy atom. The molecule has 0 saturated carbocycles. The predicted molar refractivity (Wildman–Crippen MR) is 61.8 cm³/mol. The fourth-order valence-electron chi connectivity index (χ4n) is 0.926. The van der Waals surface area contributed by atoms with Gasteiger partial charge in [-0.3, -0.25) is 4.79 Å². The summed E-state index contributed by atoms with van der Waals surface area (Å²) >= 11 is 5.13. The molecular formula is C9H7BrFIO. The number of halogens is 3. The van der Waals surface area contributed by atoms with Gasteiger partial charge in [0.1, 0.15) is 5.82 Å². The summed E-state index contributed by atoms with van der Waals surface area (Å²) in [7, 11) is 0. The first-order valence-electron chi connectivity index (χ1n) is 3.65. The summed E-state index contributed by atoms with van der Waals surface area (Å²) in [5.74, 6) is -0.471. The van der Waals surface area contributed by atoms with Crippen molar-refractivity contribution in [3.63, 3.8) is 0 Å². The number of carbonyl (C=O) groups excluding carboxylic acids is 1. The number of hydrogen-bond donors (Lipinski definition) is 0. The van der Waals surface area contributed by atoms with Crippen LogP contribution in [0.4, 0.5) is 4.39 Å². The molecule has 0 aromatic heterocycles. The van der Waals surface area contributed by atoms with E-state index in [4.69, 9.17) is 0 Å². The molecule has 1 unspecified atom stereocenters. The number of rotatable bonds is 2. The Hall–Kier alpha value is 0.0300. The average molecular weight is 357 g/mol. The molecule has 0 bridgehead atoms. The van der Waals surface area contributed by atoms with Crippen molar-refractivity contribution in [2.45, 2.75) is 11.8 Å². The minimum absolute atomic E-state index is 0.0996. The van der Waals surface area contributed by atoms with Crippen LogP contribution < -0.4 is 0 Å². The van der Waals surface area contributed by atoms with Crippen LogP contribution in [0, 0.1) is 9.39 Å². The minimum atomic E-state index is -0.372. The van der Waals surface area contributed by atoms with Crippen LogP contribution in [0.25, 0.3) is 0 Å². The van der Waals surface area contributed by atoms with Crippen LogP contribution in [0.2, 0.25) is 0 Å². The molecule has 1 aromatic rings. The zero-order valence-corrected chi connectivity index (χ0v) is 10.6. The van der Waals surface area contributed by atoms with E-state index < -0.39 is 0 Å². The zero-order valence-electron chi connectivity index (χ0n) is 6.85. The lowest BCUT2D eigenvalue weighted by Gasteiger charge is -2.03. The van der Waals surface area contributed by atoms with Gasteiger partial charge < -0.3 is 0 Å². The van der Waals surface area contributed by atoms with Gasteiger partial charge in [0, 0.05) is 9.13 Å². The molecule has 0 saturated heterocycles. The standard InChI is InChI=1S/C9H7BrFIO/c1-5(10)9(13)6-2-7(11)4-8(12)3-6/h2-5H,1H3. The molecule has 1 aromatic carbocycles. The van der Waals surface area contributed by atoms with Crippen LogP contribution in [0.5, 0.6) is 0 Å². The number of alkyl halides is 1. The molecule has 0 amide bonds. The van der Waals surface area contributed by atoms with Gasteiger partial charge in [-0.2, -0.15) is 0 Å². The zero-order chi connectivity index (χ0) is 10.0. The Morgan fingerprint density at radius 3 is 2.62 bits per heavy atom. The van der Waals surface area contributed by atoms with E-state index in [0.29, 0.717) is 5.56 Å². The minimum Gasteiger partial charge on any atom is -0.293 e. The van der Waals surface area contributed by atoms with Crippen LogP contribution in [-0.2, 0) is 0 Å². The summed E-state index contributed by atoms with van der Waals surface area (Å²) in [6.45, 7) is 1.72. The normalized spacial score (nSPS) is 12.6. The van der Waals surface area contributed by atoms with Crippen molar-refractivity contribution in [1.82, 2.24) is 0 Å². The highest BCUT2D eigenvalue weighted by molar-refractivity contribution is 14.1. The van der Waals surface area contributed by atoms with Crippen molar-refractivity contribution >= 4 is 44.3 Å². The molecule has 4 heteroatoms. The second kappa shape index (κ2) is 4.50. The Morgan fingerprint density at radius 2 is 2.15 bits per heavy atom. The van der Waals surface area contributed by atoms with Crippen molar-refractivity contribution in [3.05, 3.63) is 33.1 Å². The Kier molecular flexibility index (Phi) is 3.85. The SMILES string of the molecule is CC(Br)C(=O)c1cc(F)cc(I)c1. The summed E-state index contributed by atoms with van der Waals surface area (Å²) in [6, 6.07) is 4.31. The van der Waals surface area contributed by atoms with Gasteiger partial charge >= 0.3 is 0 Å². The molecule has 0 spiro atoms. The fourth-order valence-corrected chi connectivity index (χ4v) is 1.82. The van der Waals surface area contributed by atoms with Crippen LogP contribution in [0.15, 0.2) is 18.2 Å². The van der Waals surface area contributed by atoms with Crippen LogP contribution in [0.1, 0.15) is 17.3 Å². The third kappa shape index (κ3) is 3.02. The van der Waals surface area contributed by atoms with Crippen molar-refractivity contribution < 1.29 is 9.18 Å². The molecule has 1 nitrogen and oxygen atoms in total.